The summed E-state index contributed by atoms with van der Waals surface area (Å²) in [6.45, 7) is 5.32. The third-order valence-electron chi connectivity index (χ3n) is 5.94. The minimum Gasteiger partial charge on any atom is -0.850 e. The van der Waals surface area contributed by atoms with Crippen molar-refractivity contribution in [3.05, 3.63) is 126 Å². The van der Waals surface area contributed by atoms with Crippen LogP contribution in [0.5, 0.6) is 11.5 Å². The summed E-state index contributed by atoms with van der Waals surface area (Å²) >= 11 is 23.7. The van der Waals surface area contributed by atoms with Gasteiger partial charge >= 0.3 is 63.3 Å². The molecule has 0 aliphatic carbocycles. The summed E-state index contributed by atoms with van der Waals surface area (Å²) in [5.41, 5.74) is 0.843. The molecule has 0 unspecified atom stereocenters. The van der Waals surface area contributed by atoms with Crippen LogP contribution < -0.4 is 67.1 Å². The monoisotopic (exact) mass is 804 g/mol. The number of benzene rings is 4. The van der Waals surface area contributed by atoms with Gasteiger partial charge in [-0.15, -0.1) is 5.60 Å². The molecule has 4 aromatic rings. The topological polar surface area (TPSA) is 185 Å². The van der Waals surface area contributed by atoms with Crippen LogP contribution in [0.3, 0.4) is 0 Å². The first-order valence-electron chi connectivity index (χ1n) is 14.4. The van der Waals surface area contributed by atoms with Crippen LogP contribution in [0.15, 0.2) is 72.8 Å². The molecule has 0 spiro atoms. The van der Waals surface area contributed by atoms with Crippen LogP contribution in [0, 0.1) is 0 Å². The van der Waals surface area contributed by atoms with E-state index in [1.807, 2.05) is 0 Å². The molecule has 16 heteroatoms. The number of phenolic OH excluding ortho intramolecular Hbond substituents is 2. The van der Waals surface area contributed by atoms with E-state index in [1.54, 1.807) is 51.1 Å². The number of carbonyl (C=O) groups excluding carboxylic acids is 3. The van der Waals surface area contributed by atoms with Gasteiger partial charge in [0.15, 0.2) is 0 Å². The summed E-state index contributed by atoms with van der Waals surface area (Å²) in [6, 6.07) is 18.1. The summed E-state index contributed by atoms with van der Waals surface area (Å²) in [4.78, 5) is 46.7. The molecule has 11 nitrogen and oxygen atoms in total. The van der Waals surface area contributed by atoms with Crippen molar-refractivity contribution in [1.29, 1.82) is 0 Å². The molecule has 2 amide bonds. The summed E-state index contributed by atoms with van der Waals surface area (Å²) in [7, 11) is 1.21. The fraction of sp³-hybridized carbons (Fsp3) is 0.200. The van der Waals surface area contributed by atoms with Crippen molar-refractivity contribution >= 4 is 70.2 Å². The SMILES string of the molecule is CC(C)(C)[O-].COC(=O)c1c(Cl)cc(C(=O)NCc2cccc(O)c2)cc1Cl.O=C(NCc1cccc(O)c1)c1cc(Cl)c(C(=O)O)c(Cl)c1.[K+]. The van der Waals surface area contributed by atoms with Gasteiger partial charge in [-0.05, 0) is 59.7 Å². The minimum atomic E-state index is -1.26. The number of ether oxygens (including phenoxy) is 1. The van der Waals surface area contributed by atoms with Gasteiger partial charge < -0.3 is 35.8 Å². The van der Waals surface area contributed by atoms with Crippen molar-refractivity contribution in [2.45, 2.75) is 39.5 Å². The standard InChI is InChI=1S/C16H13Cl2NO4.C15H11Cl2NO4.C4H9O.K/c1-23-16(22)14-12(17)6-10(7-13(14)18)15(21)19-8-9-3-2-4-11(20)5-9;16-11-5-9(6-12(17)13(11)15(21)22)14(20)18-7-8-2-1-3-10(19)4-8;1-4(2,3)5;/h2-7,20H,8H2,1H3,(H,19,21);1-6,19H,7H2,(H,18,20)(H,21,22);1-3H3;/q;;-1;+1. The predicted octanol–water partition coefficient (Wildman–Crippen LogP) is 3.89. The number of hydrogen-bond acceptors (Lipinski definition) is 8. The van der Waals surface area contributed by atoms with Crippen LogP contribution in [0.1, 0.15) is 73.3 Å². The normalized spacial score (nSPS) is 10.2. The summed E-state index contributed by atoms with van der Waals surface area (Å²) in [5.74, 6) is -2.58. The van der Waals surface area contributed by atoms with E-state index in [1.165, 1.54) is 49.6 Å². The van der Waals surface area contributed by atoms with E-state index in [0.717, 1.165) is 5.56 Å². The van der Waals surface area contributed by atoms with Crippen LogP contribution in [-0.2, 0) is 17.8 Å². The van der Waals surface area contributed by atoms with Crippen molar-refractivity contribution in [2.75, 3.05) is 7.11 Å². The zero-order valence-electron chi connectivity index (χ0n) is 28.1. The average molecular weight is 807 g/mol. The largest absolute Gasteiger partial charge is 1.00 e. The first-order valence-corrected chi connectivity index (χ1v) is 15.9. The van der Waals surface area contributed by atoms with Crippen LogP contribution in [0.2, 0.25) is 20.1 Å². The molecule has 0 heterocycles. The number of aromatic carboxylic acids is 1. The fourth-order valence-corrected chi connectivity index (χ4v) is 5.10. The van der Waals surface area contributed by atoms with Gasteiger partial charge in [0, 0.05) is 24.2 Å². The number of nitrogens with one attached hydrogen (secondary N) is 2. The molecular weight excluding hydrogens is 773 g/mol. The molecule has 0 aliphatic heterocycles. The molecule has 0 radical (unpaired) electrons. The Hall–Kier alpha value is -2.88. The first kappa shape index (κ1) is 46.1. The van der Waals surface area contributed by atoms with E-state index in [2.05, 4.69) is 15.4 Å². The molecule has 0 saturated heterocycles. The van der Waals surface area contributed by atoms with Gasteiger partial charge in [0.1, 0.15) is 11.5 Å². The second-order valence-corrected chi connectivity index (χ2v) is 12.9. The minimum absolute atomic E-state index is 0. The predicted molar refractivity (Wildman–Crippen MR) is 190 cm³/mol. The Morgan fingerprint density at radius 3 is 1.31 bits per heavy atom. The summed E-state index contributed by atoms with van der Waals surface area (Å²) < 4.78 is 4.58. The Kier molecular flexibility index (Phi) is 19.5. The smallest absolute Gasteiger partial charge is 0.850 e. The number of amides is 2. The molecule has 4 rings (SSSR count). The summed E-state index contributed by atoms with van der Waals surface area (Å²) in [6.07, 6.45) is 0. The van der Waals surface area contributed by atoms with E-state index in [9.17, 15) is 34.5 Å². The zero-order valence-corrected chi connectivity index (χ0v) is 34.3. The second kappa shape index (κ2) is 21.6. The quantitative estimate of drug-likeness (QED) is 0.130. The van der Waals surface area contributed by atoms with Gasteiger partial charge in [-0.25, -0.2) is 9.59 Å². The molecule has 4 aromatic carbocycles. The van der Waals surface area contributed by atoms with Crippen molar-refractivity contribution in [3.63, 3.8) is 0 Å². The number of carboxylic acid groups (broad SMARTS) is 1. The number of carboxylic acids is 1. The van der Waals surface area contributed by atoms with Crippen molar-refractivity contribution in [2.24, 2.45) is 0 Å². The number of hydrogen-bond donors (Lipinski definition) is 5. The van der Waals surface area contributed by atoms with Crippen molar-refractivity contribution in [3.8, 4) is 11.5 Å². The molecule has 0 bridgehead atoms. The van der Waals surface area contributed by atoms with E-state index in [0.29, 0.717) is 5.56 Å². The van der Waals surface area contributed by atoms with Crippen LogP contribution in [0.4, 0.5) is 0 Å². The van der Waals surface area contributed by atoms with Gasteiger partial charge in [0.25, 0.3) is 11.8 Å². The molecule has 0 fully saturated rings. The fourth-order valence-electron chi connectivity index (χ4n) is 3.81. The average Bonchev–Trinajstić information content (AvgIpc) is 3.01. The molecule has 0 aromatic heterocycles. The van der Waals surface area contributed by atoms with E-state index in [-0.39, 0.29) is 118 Å². The van der Waals surface area contributed by atoms with Crippen molar-refractivity contribution in [1.82, 2.24) is 10.6 Å². The Labute approximate surface area is 357 Å². The van der Waals surface area contributed by atoms with E-state index < -0.39 is 29.4 Å². The molecule has 51 heavy (non-hydrogen) atoms. The summed E-state index contributed by atoms with van der Waals surface area (Å²) in [5, 5.41) is 43.0. The van der Waals surface area contributed by atoms with Crippen LogP contribution in [0.25, 0.3) is 0 Å². The third-order valence-corrected chi connectivity index (χ3v) is 7.13. The maximum absolute atomic E-state index is 12.2. The van der Waals surface area contributed by atoms with Gasteiger partial charge in [-0.3, -0.25) is 9.59 Å². The molecule has 0 aliphatic rings. The first-order chi connectivity index (χ1) is 23.3. The maximum atomic E-state index is 12.2. The third kappa shape index (κ3) is 16.1. The number of methoxy groups -OCH3 is 1. The zero-order chi connectivity index (χ0) is 37.8. The van der Waals surface area contributed by atoms with Gasteiger partial charge in [0.05, 0.1) is 38.3 Å². The number of carbonyl (C=O) groups is 4. The van der Waals surface area contributed by atoms with Crippen molar-refractivity contribution < 1.29 is 95.7 Å². The number of halogens is 4. The second-order valence-electron chi connectivity index (χ2n) is 11.2. The molecule has 0 saturated carbocycles. The molecule has 5 N–H and O–H groups in total. The van der Waals surface area contributed by atoms with Gasteiger partial charge in [-0.2, -0.15) is 0 Å². The Morgan fingerprint density at radius 2 is 1.02 bits per heavy atom. The number of rotatable bonds is 8. The Morgan fingerprint density at radius 1 is 0.686 bits per heavy atom. The van der Waals surface area contributed by atoms with Gasteiger partial charge in [-0.1, -0.05) is 91.4 Å². The number of esters is 1. The number of phenols is 2. The van der Waals surface area contributed by atoms with Crippen LogP contribution in [-0.4, -0.2) is 51.8 Å². The van der Waals surface area contributed by atoms with Gasteiger partial charge in [0.2, 0.25) is 0 Å². The van der Waals surface area contributed by atoms with E-state index >= 15 is 0 Å². The maximum Gasteiger partial charge on any atom is 1.00 e. The molecule has 0 atom stereocenters. The molecule has 266 valence electrons. The Balaban J connectivity index is 0.000000443. The molecular formula is C35H33Cl4KN2O9. The Bertz CT molecular complexity index is 1820. The van der Waals surface area contributed by atoms with E-state index in [4.69, 9.17) is 51.5 Å². The number of aromatic hydroxyl groups is 2. The van der Waals surface area contributed by atoms with Crippen LogP contribution >= 0.6 is 46.4 Å².